The van der Waals surface area contributed by atoms with Gasteiger partial charge in [-0.3, -0.25) is 0 Å². The summed E-state index contributed by atoms with van der Waals surface area (Å²) in [4.78, 5) is 14.1. The van der Waals surface area contributed by atoms with Crippen molar-refractivity contribution in [3.8, 4) is 0 Å². The summed E-state index contributed by atoms with van der Waals surface area (Å²) in [5, 5.41) is 2.81. The van der Waals surface area contributed by atoms with Crippen LogP contribution in [0.1, 0.15) is 18.9 Å². The third-order valence-electron chi connectivity index (χ3n) is 3.88. The van der Waals surface area contributed by atoms with Crippen LogP contribution in [0.2, 0.25) is 0 Å². The van der Waals surface area contributed by atoms with E-state index in [2.05, 4.69) is 12.2 Å². The van der Waals surface area contributed by atoms with Crippen LogP contribution in [-0.4, -0.2) is 50.8 Å². The number of rotatable bonds is 4. The highest BCUT2D eigenvalue weighted by Crippen LogP contribution is 2.18. The number of amides is 2. The van der Waals surface area contributed by atoms with E-state index >= 15 is 0 Å². The van der Waals surface area contributed by atoms with Gasteiger partial charge in [-0.1, -0.05) is 29.8 Å². The Bertz CT molecular complexity index is 711. The molecule has 0 saturated heterocycles. The van der Waals surface area contributed by atoms with Gasteiger partial charge < -0.3 is 10.2 Å². The molecule has 1 heterocycles. The van der Waals surface area contributed by atoms with Crippen LogP contribution in [0.25, 0.3) is 0 Å². The van der Waals surface area contributed by atoms with Crippen molar-refractivity contribution in [3.05, 3.63) is 41.5 Å². The number of hydrogen-bond acceptors (Lipinski definition) is 3. The second kappa shape index (κ2) is 7.14. The summed E-state index contributed by atoms with van der Waals surface area (Å²) in [6.07, 6.45) is 2.91. The minimum atomic E-state index is -3.53. The number of carbonyl (C=O) groups excluding carboxylic acids is 1. The first-order valence-corrected chi connectivity index (χ1v) is 8.95. The molecule has 126 valence electrons. The lowest BCUT2D eigenvalue weighted by molar-refractivity contribution is 0.201. The Morgan fingerprint density at radius 3 is 2.61 bits per heavy atom. The molecule has 0 unspecified atom stereocenters. The predicted molar refractivity (Wildman–Crippen MR) is 89.5 cm³/mol. The SMILES string of the molecule is CC1=CCN(C(=O)NCc2ccccc2S(=O)(=O)N(C)C)CC1. The second-order valence-corrected chi connectivity index (χ2v) is 7.92. The smallest absolute Gasteiger partial charge is 0.317 e. The van der Waals surface area contributed by atoms with Crippen molar-refractivity contribution in [2.45, 2.75) is 24.8 Å². The van der Waals surface area contributed by atoms with Gasteiger partial charge in [0.25, 0.3) is 0 Å². The molecule has 1 aliphatic rings. The van der Waals surface area contributed by atoms with E-state index < -0.39 is 10.0 Å². The van der Waals surface area contributed by atoms with Crippen molar-refractivity contribution >= 4 is 16.1 Å². The third kappa shape index (κ3) is 4.11. The Labute approximate surface area is 137 Å². The second-order valence-electron chi connectivity index (χ2n) is 5.80. The lowest BCUT2D eigenvalue weighted by atomic mass is 10.1. The van der Waals surface area contributed by atoms with Crippen LogP contribution < -0.4 is 5.32 Å². The largest absolute Gasteiger partial charge is 0.334 e. The average Bonchev–Trinajstić information content (AvgIpc) is 2.53. The van der Waals surface area contributed by atoms with Crippen LogP contribution in [0.4, 0.5) is 4.79 Å². The van der Waals surface area contributed by atoms with Gasteiger partial charge in [-0.2, -0.15) is 0 Å². The first-order valence-electron chi connectivity index (χ1n) is 7.51. The average molecular weight is 337 g/mol. The van der Waals surface area contributed by atoms with E-state index in [-0.39, 0.29) is 17.5 Å². The molecule has 0 spiro atoms. The summed E-state index contributed by atoms with van der Waals surface area (Å²) in [5.41, 5.74) is 1.87. The number of urea groups is 1. The van der Waals surface area contributed by atoms with Gasteiger partial charge in [0, 0.05) is 33.7 Å². The van der Waals surface area contributed by atoms with Crippen molar-refractivity contribution in [2.75, 3.05) is 27.2 Å². The molecule has 7 heteroatoms. The lowest BCUT2D eigenvalue weighted by Crippen LogP contribution is -2.42. The zero-order valence-corrected chi connectivity index (χ0v) is 14.6. The van der Waals surface area contributed by atoms with E-state index in [0.29, 0.717) is 18.7 Å². The maximum absolute atomic E-state index is 12.3. The molecule has 23 heavy (non-hydrogen) atoms. The van der Waals surface area contributed by atoms with Crippen LogP contribution in [0.15, 0.2) is 40.8 Å². The monoisotopic (exact) mass is 337 g/mol. The maximum Gasteiger partial charge on any atom is 0.317 e. The first-order chi connectivity index (χ1) is 10.8. The van der Waals surface area contributed by atoms with E-state index in [9.17, 15) is 13.2 Å². The van der Waals surface area contributed by atoms with Crippen LogP contribution in [-0.2, 0) is 16.6 Å². The number of sulfonamides is 1. The molecular weight excluding hydrogens is 314 g/mol. The summed E-state index contributed by atoms with van der Waals surface area (Å²) in [6.45, 7) is 3.51. The molecule has 1 aromatic carbocycles. The number of nitrogens with one attached hydrogen (secondary N) is 1. The minimum Gasteiger partial charge on any atom is -0.334 e. The molecule has 0 saturated carbocycles. The summed E-state index contributed by atoms with van der Waals surface area (Å²) in [7, 11) is -0.542. The van der Waals surface area contributed by atoms with Gasteiger partial charge in [-0.25, -0.2) is 17.5 Å². The first kappa shape index (κ1) is 17.5. The van der Waals surface area contributed by atoms with Gasteiger partial charge in [-0.05, 0) is 25.0 Å². The fraction of sp³-hybridized carbons (Fsp3) is 0.438. The zero-order valence-electron chi connectivity index (χ0n) is 13.7. The third-order valence-corrected chi connectivity index (χ3v) is 5.80. The quantitative estimate of drug-likeness (QED) is 0.852. The van der Waals surface area contributed by atoms with Gasteiger partial charge in [0.15, 0.2) is 0 Å². The van der Waals surface area contributed by atoms with E-state index in [1.807, 2.05) is 6.08 Å². The molecule has 6 nitrogen and oxygen atoms in total. The summed E-state index contributed by atoms with van der Waals surface area (Å²) in [5.74, 6) is 0. The Morgan fingerprint density at radius 2 is 2.00 bits per heavy atom. The van der Waals surface area contributed by atoms with E-state index in [4.69, 9.17) is 0 Å². The Hall–Kier alpha value is -1.86. The summed E-state index contributed by atoms with van der Waals surface area (Å²) in [6, 6.07) is 6.55. The molecule has 0 radical (unpaired) electrons. The standard InChI is InChI=1S/C16H23N3O3S/c1-13-8-10-19(11-9-13)16(20)17-12-14-6-4-5-7-15(14)23(21,22)18(2)3/h4-8H,9-12H2,1-3H3,(H,17,20). The summed E-state index contributed by atoms with van der Waals surface area (Å²) >= 11 is 0. The van der Waals surface area contributed by atoms with Crippen LogP contribution in [0.5, 0.6) is 0 Å². The van der Waals surface area contributed by atoms with Gasteiger partial charge in [0.05, 0.1) is 4.90 Å². The van der Waals surface area contributed by atoms with Gasteiger partial charge in [0.2, 0.25) is 10.0 Å². The molecule has 0 aromatic heterocycles. The molecule has 1 aromatic rings. The lowest BCUT2D eigenvalue weighted by Gasteiger charge is -2.26. The normalized spacial score (nSPS) is 15.5. The van der Waals surface area contributed by atoms with Crippen molar-refractivity contribution in [3.63, 3.8) is 0 Å². The molecule has 1 aliphatic heterocycles. The number of carbonyl (C=O) groups is 1. The van der Waals surface area contributed by atoms with Crippen molar-refractivity contribution < 1.29 is 13.2 Å². The number of nitrogens with zero attached hydrogens (tertiary/aromatic N) is 2. The summed E-state index contributed by atoms with van der Waals surface area (Å²) < 4.78 is 25.8. The minimum absolute atomic E-state index is 0.175. The topological polar surface area (TPSA) is 69.7 Å². The zero-order chi connectivity index (χ0) is 17.0. The van der Waals surface area contributed by atoms with Crippen molar-refractivity contribution in [1.82, 2.24) is 14.5 Å². The van der Waals surface area contributed by atoms with Crippen LogP contribution in [0.3, 0.4) is 0 Å². The van der Waals surface area contributed by atoms with Gasteiger partial charge in [0.1, 0.15) is 0 Å². The maximum atomic E-state index is 12.3. The Morgan fingerprint density at radius 1 is 1.30 bits per heavy atom. The van der Waals surface area contributed by atoms with E-state index in [1.165, 1.54) is 24.0 Å². The highest BCUT2D eigenvalue weighted by molar-refractivity contribution is 7.89. The molecule has 1 N–H and O–H groups in total. The number of hydrogen-bond donors (Lipinski definition) is 1. The van der Waals surface area contributed by atoms with Crippen molar-refractivity contribution in [2.24, 2.45) is 0 Å². The highest BCUT2D eigenvalue weighted by atomic mass is 32.2. The van der Waals surface area contributed by atoms with Crippen molar-refractivity contribution in [1.29, 1.82) is 0 Å². The van der Waals surface area contributed by atoms with Crippen LogP contribution in [0, 0.1) is 0 Å². The molecular formula is C16H23N3O3S. The molecule has 0 bridgehead atoms. The Kier molecular flexibility index (Phi) is 5.43. The fourth-order valence-corrected chi connectivity index (χ4v) is 3.45. The molecule has 0 atom stereocenters. The van der Waals surface area contributed by atoms with Gasteiger partial charge in [-0.15, -0.1) is 0 Å². The number of benzene rings is 1. The van der Waals surface area contributed by atoms with E-state index in [1.54, 1.807) is 29.2 Å². The fourth-order valence-electron chi connectivity index (χ4n) is 2.34. The molecule has 0 aliphatic carbocycles. The molecule has 2 amide bonds. The highest BCUT2D eigenvalue weighted by Gasteiger charge is 2.21. The Balaban J connectivity index is 2.08. The van der Waals surface area contributed by atoms with Crippen LogP contribution >= 0.6 is 0 Å². The molecule has 2 rings (SSSR count). The molecule has 0 fully saturated rings. The van der Waals surface area contributed by atoms with Gasteiger partial charge >= 0.3 is 6.03 Å². The predicted octanol–water partition coefficient (Wildman–Crippen LogP) is 1.80. The van der Waals surface area contributed by atoms with E-state index in [0.717, 1.165) is 6.42 Å².